The van der Waals surface area contributed by atoms with Gasteiger partial charge in [0.05, 0.1) is 6.61 Å². The van der Waals surface area contributed by atoms with E-state index in [1.54, 1.807) is 5.57 Å². The van der Waals surface area contributed by atoms with E-state index in [4.69, 9.17) is 4.74 Å². The van der Waals surface area contributed by atoms with E-state index in [1.807, 2.05) is 0 Å². The van der Waals surface area contributed by atoms with E-state index in [2.05, 4.69) is 32.1 Å². The largest absolute Gasteiger partial charge is 0.380 e. The van der Waals surface area contributed by atoms with Crippen molar-refractivity contribution < 1.29 is 4.74 Å². The zero-order valence-corrected chi connectivity index (χ0v) is 11.8. The van der Waals surface area contributed by atoms with Crippen LogP contribution in [0.15, 0.2) is 23.8 Å². The Hall–Kier alpha value is -0.560. The number of allylic oxidation sites excluding steroid dienone is 3. The monoisotopic (exact) mass is 246 g/mol. The quantitative estimate of drug-likeness (QED) is 0.658. The van der Waals surface area contributed by atoms with Crippen molar-refractivity contribution >= 4 is 0 Å². The van der Waals surface area contributed by atoms with Crippen molar-refractivity contribution in [2.75, 3.05) is 13.2 Å². The molecular weight excluding hydrogens is 220 g/mol. The number of hydrogen-bond donors (Lipinski definition) is 0. The maximum atomic E-state index is 5.84. The van der Waals surface area contributed by atoms with Crippen molar-refractivity contribution in [3.05, 3.63) is 23.8 Å². The molecule has 1 spiro atoms. The summed E-state index contributed by atoms with van der Waals surface area (Å²) in [5.74, 6) is 2.43. The Kier molecular flexibility index (Phi) is 3.36. The van der Waals surface area contributed by atoms with E-state index in [9.17, 15) is 0 Å². The van der Waals surface area contributed by atoms with Gasteiger partial charge in [-0.1, -0.05) is 37.6 Å². The third-order valence-electron chi connectivity index (χ3n) is 5.53. The topological polar surface area (TPSA) is 9.23 Å². The van der Waals surface area contributed by atoms with Crippen molar-refractivity contribution in [3.63, 3.8) is 0 Å². The minimum Gasteiger partial charge on any atom is -0.380 e. The maximum Gasteiger partial charge on any atom is 0.0563 e. The molecule has 1 saturated carbocycles. The predicted octanol–water partition coefficient (Wildman–Crippen LogP) is 4.35. The second kappa shape index (κ2) is 4.85. The van der Waals surface area contributed by atoms with Crippen LogP contribution in [-0.4, -0.2) is 13.2 Å². The first-order valence-corrected chi connectivity index (χ1v) is 7.78. The molecule has 1 heterocycles. The molecule has 0 bridgehead atoms. The van der Waals surface area contributed by atoms with Gasteiger partial charge in [-0.25, -0.2) is 0 Å². The van der Waals surface area contributed by atoms with Gasteiger partial charge < -0.3 is 4.74 Å². The number of fused-ring (bicyclic) bond motifs is 2. The van der Waals surface area contributed by atoms with E-state index in [0.29, 0.717) is 5.41 Å². The van der Waals surface area contributed by atoms with Crippen LogP contribution >= 0.6 is 0 Å². The summed E-state index contributed by atoms with van der Waals surface area (Å²) in [5, 5.41) is 0. The second-order valence-electron chi connectivity index (χ2n) is 6.23. The molecule has 4 atom stereocenters. The first kappa shape index (κ1) is 12.5. The van der Waals surface area contributed by atoms with Crippen molar-refractivity contribution in [2.45, 2.75) is 46.0 Å². The normalized spacial score (nSPS) is 45.0. The highest BCUT2D eigenvalue weighted by Crippen LogP contribution is 2.61. The number of rotatable bonds is 2. The minimum absolute atomic E-state index is 0.409. The average Bonchev–Trinajstić information content (AvgIpc) is 2.98. The van der Waals surface area contributed by atoms with Crippen LogP contribution in [0.1, 0.15) is 46.0 Å². The van der Waals surface area contributed by atoms with Crippen LogP contribution in [0.5, 0.6) is 0 Å². The maximum absolute atomic E-state index is 5.84. The van der Waals surface area contributed by atoms with Gasteiger partial charge in [0.15, 0.2) is 0 Å². The van der Waals surface area contributed by atoms with Gasteiger partial charge in [-0.3, -0.25) is 0 Å². The average molecular weight is 246 g/mol. The van der Waals surface area contributed by atoms with Gasteiger partial charge in [0.25, 0.3) is 0 Å². The molecule has 3 rings (SSSR count). The fraction of sp³-hybridized carbons (Fsp3) is 0.765. The highest BCUT2D eigenvalue weighted by molar-refractivity contribution is 5.32. The summed E-state index contributed by atoms with van der Waals surface area (Å²) >= 11 is 0. The van der Waals surface area contributed by atoms with Gasteiger partial charge in [0.1, 0.15) is 0 Å². The fourth-order valence-electron chi connectivity index (χ4n) is 4.87. The molecule has 1 aliphatic heterocycles. The Labute approximate surface area is 111 Å². The van der Waals surface area contributed by atoms with Crippen molar-refractivity contribution in [1.82, 2.24) is 0 Å². The van der Waals surface area contributed by atoms with Gasteiger partial charge in [0.2, 0.25) is 0 Å². The van der Waals surface area contributed by atoms with Gasteiger partial charge in [-0.05, 0) is 49.9 Å². The van der Waals surface area contributed by atoms with Crippen LogP contribution in [0.3, 0.4) is 0 Å². The summed E-state index contributed by atoms with van der Waals surface area (Å²) in [6.45, 7) is 6.61. The minimum atomic E-state index is 0.409. The molecule has 1 saturated heterocycles. The molecule has 1 heteroatoms. The fourth-order valence-corrected chi connectivity index (χ4v) is 4.87. The van der Waals surface area contributed by atoms with Gasteiger partial charge in [-0.2, -0.15) is 0 Å². The van der Waals surface area contributed by atoms with E-state index < -0.39 is 0 Å². The van der Waals surface area contributed by atoms with Crippen LogP contribution in [0.4, 0.5) is 0 Å². The molecule has 4 unspecified atom stereocenters. The van der Waals surface area contributed by atoms with Crippen LogP contribution in [-0.2, 0) is 4.74 Å². The highest BCUT2D eigenvalue weighted by Gasteiger charge is 2.56. The molecular formula is C17H26O. The first-order chi connectivity index (χ1) is 8.83. The molecule has 100 valence electrons. The van der Waals surface area contributed by atoms with E-state index >= 15 is 0 Å². The lowest BCUT2D eigenvalue weighted by Crippen LogP contribution is -2.30. The third kappa shape index (κ3) is 1.63. The Bertz CT molecular complexity index is 360. The predicted molar refractivity (Wildman–Crippen MR) is 75.4 cm³/mol. The van der Waals surface area contributed by atoms with Crippen LogP contribution < -0.4 is 0 Å². The number of ether oxygens (including phenoxy) is 1. The summed E-state index contributed by atoms with van der Waals surface area (Å²) in [6, 6.07) is 0. The molecule has 0 aromatic rings. The highest BCUT2D eigenvalue weighted by atomic mass is 16.5. The smallest absolute Gasteiger partial charge is 0.0563 e. The summed E-state index contributed by atoms with van der Waals surface area (Å²) in [6.07, 6.45) is 13.9. The lowest BCUT2D eigenvalue weighted by molar-refractivity contribution is 0.130. The molecule has 0 N–H and O–H groups in total. The van der Waals surface area contributed by atoms with E-state index in [0.717, 1.165) is 31.0 Å². The lowest BCUT2D eigenvalue weighted by Gasteiger charge is -2.34. The summed E-state index contributed by atoms with van der Waals surface area (Å²) in [5.41, 5.74) is 2.16. The van der Waals surface area contributed by atoms with E-state index in [1.165, 1.54) is 32.1 Å². The Morgan fingerprint density at radius 3 is 3.00 bits per heavy atom. The molecule has 2 aliphatic carbocycles. The van der Waals surface area contributed by atoms with Gasteiger partial charge in [-0.15, -0.1) is 0 Å². The zero-order chi connectivity index (χ0) is 12.6. The molecule has 1 nitrogen and oxygen atoms in total. The number of hydrogen-bond acceptors (Lipinski definition) is 1. The van der Waals surface area contributed by atoms with Gasteiger partial charge >= 0.3 is 0 Å². The molecule has 0 aromatic carbocycles. The summed E-state index contributed by atoms with van der Waals surface area (Å²) in [7, 11) is 0. The first-order valence-electron chi connectivity index (χ1n) is 7.78. The SMILES string of the molecule is CC/C=C1\C(CC)C2C=CCCC2C12CCOC2. The standard InChI is InChI=1S/C17H26O/c1-3-7-15-13(4-2)14-8-5-6-9-16(14)17(15)10-11-18-12-17/h5,7-8,13-14,16H,3-4,6,9-12H2,1-2H3/b15-7+. The third-order valence-corrected chi connectivity index (χ3v) is 5.53. The Morgan fingerprint density at radius 2 is 2.33 bits per heavy atom. The zero-order valence-electron chi connectivity index (χ0n) is 11.8. The summed E-state index contributed by atoms with van der Waals surface area (Å²) < 4.78 is 5.84. The lowest BCUT2D eigenvalue weighted by atomic mass is 9.69. The molecule has 0 amide bonds. The second-order valence-corrected chi connectivity index (χ2v) is 6.23. The van der Waals surface area contributed by atoms with Crippen LogP contribution in [0.25, 0.3) is 0 Å². The Balaban J connectivity index is 2.04. The molecule has 18 heavy (non-hydrogen) atoms. The molecule has 3 aliphatic rings. The van der Waals surface area contributed by atoms with E-state index in [-0.39, 0.29) is 0 Å². The van der Waals surface area contributed by atoms with Crippen molar-refractivity contribution in [2.24, 2.45) is 23.2 Å². The van der Waals surface area contributed by atoms with Crippen LogP contribution in [0.2, 0.25) is 0 Å². The molecule has 0 aromatic heterocycles. The molecule has 0 radical (unpaired) electrons. The van der Waals surface area contributed by atoms with Crippen molar-refractivity contribution in [3.8, 4) is 0 Å². The van der Waals surface area contributed by atoms with Crippen molar-refractivity contribution in [1.29, 1.82) is 0 Å². The van der Waals surface area contributed by atoms with Crippen LogP contribution in [0, 0.1) is 23.2 Å². The molecule has 2 fully saturated rings. The summed E-state index contributed by atoms with van der Waals surface area (Å²) in [4.78, 5) is 0. The Morgan fingerprint density at radius 1 is 1.44 bits per heavy atom. The van der Waals surface area contributed by atoms with Gasteiger partial charge in [0, 0.05) is 12.0 Å².